The molecule has 1 aromatic heterocycles. The van der Waals surface area contributed by atoms with Crippen LogP contribution in [0.5, 0.6) is 0 Å². The first-order valence-electron chi connectivity index (χ1n) is 5.51. The minimum absolute atomic E-state index is 0.0923. The number of rotatable bonds is 5. The van der Waals surface area contributed by atoms with Gasteiger partial charge in [-0.2, -0.15) is 5.10 Å². The fraction of sp³-hybridized carbons (Fsp3) is 0.545. The largest absolute Gasteiger partial charge is 0.481 e. The Morgan fingerprint density at radius 1 is 1.59 bits per heavy atom. The summed E-state index contributed by atoms with van der Waals surface area (Å²) < 4.78 is 1.60. The number of carboxylic acid groups (broad SMARTS) is 1. The molecular weight excluding hydrogens is 222 g/mol. The Balaban J connectivity index is 2.72. The number of hydrogen-bond acceptors (Lipinski definition) is 3. The van der Waals surface area contributed by atoms with Gasteiger partial charge in [-0.15, -0.1) is 0 Å². The number of aryl methyl sites for hydroxylation is 2. The molecular formula is C11H17N3O3. The van der Waals surface area contributed by atoms with Crippen LogP contribution in [0.1, 0.15) is 36.5 Å². The zero-order valence-corrected chi connectivity index (χ0v) is 10.2. The normalized spacial score (nSPS) is 12.2. The highest BCUT2D eigenvalue weighted by Gasteiger charge is 2.16. The maximum absolute atomic E-state index is 11.9. The van der Waals surface area contributed by atoms with Crippen LogP contribution in [-0.2, 0) is 11.3 Å². The van der Waals surface area contributed by atoms with E-state index in [9.17, 15) is 9.59 Å². The van der Waals surface area contributed by atoms with Crippen LogP contribution in [0.4, 0.5) is 0 Å². The maximum atomic E-state index is 11.9. The average Bonchev–Trinajstić information content (AvgIpc) is 2.58. The number of aliphatic carboxylic acids is 1. The Bertz CT molecular complexity index is 426. The predicted octanol–water partition coefficient (Wildman–Crippen LogP) is 0.804. The SMILES string of the molecule is CCn1nc(C)cc1C(=O)NC(C)CC(=O)O. The molecule has 94 valence electrons. The van der Waals surface area contributed by atoms with E-state index in [0.29, 0.717) is 12.2 Å². The molecule has 0 aliphatic heterocycles. The molecule has 0 aliphatic carbocycles. The first-order valence-corrected chi connectivity index (χ1v) is 5.51. The second kappa shape index (κ2) is 5.47. The van der Waals surface area contributed by atoms with Crippen LogP contribution >= 0.6 is 0 Å². The van der Waals surface area contributed by atoms with Gasteiger partial charge in [0.05, 0.1) is 12.1 Å². The molecule has 1 unspecified atom stereocenters. The molecule has 0 saturated carbocycles. The van der Waals surface area contributed by atoms with Crippen LogP contribution < -0.4 is 5.32 Å². The van der Waals surface area contributed by atoms with Gasteiger partial charge < -0.3 is 10.4 Å². The van der Waals surface area contributed by atoms with E-state index in [4.69, 9.17) is 5.11 Å². The van der Waals surface area contributed by atoms with Gasteiger partial charge in [-0.3, -0.25) is 14.3 Å². The highest BCUT2D eigenvalue weighted by atomic mass is 16.4. The summed E-state index contributed by atoms with van der Waals surface area (Å²) in [5, 5.41) is 15.4. The Labute approximate surface area is 99.6 Å². The van der Waals surface area contributed by atoms with Crippen molar-refractivity contribution in [2.75, 3.05) is 0 Å². The third-order valence-electron chi connectivity index (χ3n) is 2.29. The summed E-state index contributed by atoms with van der Waals surface area (Å²) in [6, 6.07) is 1.28. The lowest BCUT2D eigenvalue weighted by molar-refractivity contribution is -0.137. The zero-order chi connectivity index (χ0) is 13.0. The van der Waals surface area contributed by atoms with Gasteiger partial charge in [-0.1, -0.05) is 0 Å². The van der Waals surface area contributed by atoms with Crippen LogP contribution in [0.15, 0.2) is 6.07 Å². The van der Waals surface area contributed by atoms with Gasteiger partial charge in [-0.25, -0.2) is 0 Å². The van der Waals surface area contributed by atoms with Crippen molar-refractivity contribution in [2.45, 2.75) is 39.8 Å². The van der Waals surface area contributed by atoms with Gasteiger partial charge >= 0.3 is 5.97 Å². The van der Waals surface area contributed by atoms with Gasteiger partial charge in [-0.05, 0) is 26.8 Å². The van der Waals surface area contributed by atoms with Crippen molar-refractivity contribution in [1.29, 1.82) is 0 Å². The summed E-state index contributed by atoms with van der Waals surface area (Å²) in [4.78, 5) is 22.4. The van der Waals surface area contributed by atoms with Crippen molar-refractivity contribution in [1.82, 2.24) is 15.1 Å². The molecule has 0 radical (unpaired) electrons. The van der Waals surface area contributed by atoms with Crippen molar-refractivity contribution in [3.8, 4) is 0 Å². The second-order valence-corrected chi connectivity index (χ2v) is 3.96. The number of carbonyl (C=O) groups excluding carboxylic acids is 1. The third-order valence-corrected chi connectivity index (χ3v) is 2.29. The van der Waals surface area contributed by atoms with Gasteiger partial charge in [0.15, 0.2) is 0 Å². The second-order valence-electron chi connectivity index (χ2n) is 3.96. The molecule has 0 fully saturated rings. The number of carbonyl (C=O) groups is 2. The lowest BCUT2D eigenvalue weighted by Gasteiger charge is -2.11. The van der Waals surface area contributed by atoms with Crippen molar-refractivity contribution >= 4 is 11.9 Å². The average molecular weight is 239 g/mol. The Morgan fingerprint density at radius 2 is 2.24 bits per heavy atom. The predicted molar refractivity (Wildman–Crippen MR) is 61.8 cm³/mol. The van der Waals surface area contributed by atoms with Gasteiger partial charge in [0, 0.05) is 12.6 Å². The van der Waals surface area contributed by atoms with E-state index in [2.05, 4.69) is 10.4 Å². The Kier molecular flexibility index (Phi) is 4.25. The van der Waals surface area contributed by atoms with E-state index in [-0.39, 0.29) is 12.3 Å². The number of amides is 1. The van der Waals surface area contributed by atoms with Gasteiger partial charge in [0.25, 0.3) is 5.91 Å². The standard InChI is InChI=1S/C11H17N3O3/c1-4-14-9(5-8(3)13-14)11(17)12-7(2)6-10(15)16/h5,7H,4,6H2,1-3H3,(H,12,17)(H,15,16). The summed E-state index contributed by atoms with van der Waals surface area (Å²) in [6.07, 6.45) is -0.0923. The number of hydrogen-bond donors (Lipinski definition) is 2. The fourth-order valence-corrected chi connectivity index (χ4v) is 1.58. The fourth-order valence-electron chi connectivity index (χ4n) is 1.58. The minimum atomic E-state index is -0.932. The van der Waals surface area contributed by atoms with E-state index < -0.39 is 12.0 Å². The first-order chi connectivity index (χ1) is 7.93. The molecule has 0 bridgehead atoms. The molecule has 1 rings (SSSR count). The molecule has 2 N–H and O–H groups in total. The number of carboxylic acids is 1. The molecule has 0 spiro atoms. The molecule has 6 nitrogen and oxygen atoms in total. The first kappa shape index (κ1) is 13.2. The molecule has 1 atom stereocenters. The Morgan fingerprint density at radius 3 is 2.76 bits per heavy atom. The number of nitrogens with one attached hydrogen (secondary N) is 1. The smallest absolute Gasteiger partial charge is 0.305 e. The quantitative estimate of drug-likeness (QED) is 0.796. The molecule has 0 saturated heterocycles. The summed E-state index contributed by atoms with van der Waals surface area (Å²) in [7, 11) is 0. The zero-order valence-electron chi connectivity index (χ0n) is 10.2. The number of nitrogens with zero attached hydrogens (tertiary/aromatic N) is 2. The highest BCUT2D eigenvalue weighted by molar-refractivity contribution is 5.93. The van der Waals surface area contributed by atoms with Crippen LogP contribution in [0.3, 0.4) is 0 Å². The lowest BCUT2D eigenvalue weighted by Crippen LogP contribution is -2.35. The van der Waals surface area contributed by atoms with E-state index in [1.807, 2.05) is 13.8 Å². The lowest BCUT2D eigenvalue weighted by atomic mass is 10.2. The van der Waals surface area contributed by atoms with Crippen molar-refractivity contribution in [3.63, 3.8) is 0 Å². The topological polar surface area (TPSA) is 84.2 Å². The maximum Gasteiger partial charge on any atom is 0.305 e. The molecule has 0 aromatic carbocycles. The summed E-state index contributed by atoms with van der Waals surface area (Å²) in [6.45, 7) is 5.96. The van der Waals surface area contributed by atoms with E-state index in [1.54, 1.807) is 17.7 Å². The van der Waals surface area contributed by atoms with E-state index >= 15 is 0 Å². The molecule has 1 heterocycles. The summed E-state index contributed by atoms with van der Waals surface area (Å²) in [5.74, 6) is -1.22. The monoisotopic (exact) mass is 239 g/mol. The van der Waals surface area contributed by atoms with Crippen molar-refractivity contribution in [3.05, 3.63) is 17.5 Å². The van der Waals surface area contributed by atoms with E-state index in [0.717, 1.165) is 5.69 Å². The minimum Gasteiger partial charge on any atom is -0.481 e. The molecule has 1 aromatic rings. The molecule has 17 heavy (non-hydrogen) atoms. The van der Waals surface area contributed by atoms with Crippen LogP contribution in [-0.4, -0.2) is 32.8 Å². The molecule has 6 heteroatoms. The molecule has 1 amide bonds. The van der Waals surface area contributed by atoms with Crippen molar-refractivity contribution < 1.29 is 14.7 Å². The van der Waals surface area contributed by atoms with E-state index in [1.165, 1.54) is 0 Å². The van der Waals surface area contributed by atoms with Gasteiger partial charge in [0.1, 0.15) is 5.69 Å². The highest BCUT2D eigenvalue weighted by Crippen LogP contribution is 2.04. The number of aromatic nitrogens is 2. The van der Waals surface area contributed by atoms with Crippen LogP contribution in [0.25, 0.3) is 0 Å². The third kappa shape index (κ3) is 3.58. The summed E-state index contributed by atoms with van der Waals surface area (Å²) >= 11 is 0. The Hall–Kier alpha value is -1.85. The summed E-state index contributed by atoms with van der Waals surface area (Å²) in [5.41, 5.74) is 1.23. The van der Waals surface area contributed by atoms with Gasteiger partial charge in [0.2, 0.25) is 0 Å². The van der Waals surface area contributed by atoms with Crippen LogP contribution in [0, 0.1) is 6.92 Å². The van der Waals surface area contributed by atoms with Crippen molar-refractivity contribution in [2.24, 2.45) is 0 Å². The molecule has 0 aliphatic rings. The van der Waals surface area contributed by atoms with Crippen LogP contribution in [0.2, 0.25) is 0 Å².